The van der Waals surface area contributed by atoms with E-state index in [0.29, 0.717) is 30.4 Å². The number of hydrogen-bond acceptors (Lipinski definition) is 5. The Labute approximate surface area is 185 Å². The monoisotopic (exact) mass is 438 g/mol. The number of ether oxygens (including phenoxy) is 1. The number of rotatable bonds is 5. The van der Waals surface area contributed by atoms with Crippen molar-refractivity contribution < 1.29 is 14.3 Å². The summed E-state index contributed by atoms with van der Waals surface area (Å²) in [5.74, 6) is 0.820. The van der Waals surface area contributed by atoms with Crippen molar-refractivity contribution in [3.05, 3.63) is 53.5 Å². The van der Waals surface area contributed by atoms with Gasteiger partial charge in [-0.25, -0.2) is 9.78 Å². The Balaban J connectivity index is 1.31. The number of hydrogen-bond donors (Lipinski definition) is 1. The molecule has 1 fully saturated rings. The van der Waals surface area contributed by atoms with Crippen LogP contribution in [0.15, 0.2) is 48.5 Å². The van der Waals surface area contributed by atoms with E-state index in [1.807, 2.05) is 29.2 Å². The maximum absolute atomic E-state index is 12.7. The van der Waals surface area contributed by atoms with Crippen molar-refractivity contribution in [1.82, 2.24) is 14.8 Å². The van der Waals surface area contributed by atoms with Gasteiger partial charge in [0.1, 0.15) is 5.75 Å². The van der Waals surface area contributed by atoms with E-state index in [-0.39, 0.29) is 18.5 Å². The Hall–Kier alpha value is -3.13. The molecular formula is C23H26N4O3S. The Kier molecular flexibility index (Phi) is 6.36. The van der Waals surface area contributed by atoms with Crippen molar-refractivity contribution in [3.8, 4) is 5.75 Å². The van der Waals surface area contributed by atoms with Gasteiger partial charge in [-0.15, -0.1) is 11.3 Å². The summed E-state index contributed by atoms with van der Waals surface area (Å²) < 4.78 is 6.74. The van der Waals surface area contributed by atoms with Crippen LogP contribution >= 0.6 is 11.3 Å². The molecule has 0 atom stereocenters. The Bertz CT molecular complexity index is 1040. The summed E-state index contributed by atoms with van der Waals surface area (Å²) in [6.45, 7) is 1.35. The number of nitrogens with one attached hydrogen (secondary N) is 1. The van der Waals surface area contributed by atoms with Gasteiger partial charge in [-0.3, -0.25) is 4.79 Å². The molecule has 0 saturated carbocycles. The van der Waals surface area contributed by atoms with Crippen LogP contribution in [-0.2, 0) is 4.79 Å². The van der Waals surface area contributed by atoms with E-state index in [0.717, 1.165) is 18.4 Å². The lowest BCUT2D eigenvalue weighted by molar-refractivity contribution is -0.130. The average molecular weight is 439 g/mol. The highest BCUT2D eigenvalue weighted by Crippen LogP contribution is 2.34. The van der Waals surface area contributed by atoms with E-state index in [4.69, 9.17) is 9.72 Å². The summed E-state index contributed by atoms with van der Waals surface area (Å²) in [6, 6.07) is 15.2. The predicted molar refractivity (Wildman–Crippen MR) is 123 cm³/mol. The van der Waals surface area contributed by atoms with Crippen molar-refractivity contribution in [2.24, 2.45) is 0 Å². The molecule has 3 aromatic rings. The Morgan fingerprint density at radius 1 is 1.16 bits per heavy atom. The lowest BCUT2D eigenvalue weighted by Crippen LogP contribution is -2.40. The van der Waals surface area contributed by atoms with Crippen molar-refractivity contribution in [2.75, 3.05) is 39.1 Å². The minimum absolute atomic E-state index is 0.0380. The summed E-state index contributed by atoms with van der Waals surface area (Å²) in [5.41, 5.74) is 1.70. The first-order valence-corrected chi connectivity index (χ1v) is 11.2. The van der Waals surface area contributed by atoms with Crippen LogP contribution < -0.4 is 10.1 Å². The zero-order valence-corrected chi connectivity index (χ0v) is 18.5. The lowest BCUT2D eigenvalue weighted by Gasteiger charge is -2.31. The molecule has 7 nitrogen and oxygen atoms in total. The van der Waals surface area contributed by atoms with Gasteiger partial charge in [0, 0.05) is 44.9 Å². The van der Waals surface area contributed by atoms with Gasteiger partial charge in [0.25, 0.3) is 5.91 Å². The molecule has 1 aliphatic rings. The van der Waals surface area contributed by atoms with Crippen molar-refractivity contribution in [3.63, 3.8) is 0 Å². The first-order chi connectivity index (χ1) is 15.0. The van der Waals surface area contributed by atoms with E-state index in [1.54, 1.807) is 43.6 Å². The van der Waals surface area contributed by atoms with Crippen molar-refractivity contribution in [2.45, 2.75) is 18.8 Å². The molecule has 1 aromatic heterocycles. The first-order valence-electron chi connectivity index (χ1n) is 10.3. The largest absolute Gasteiger partial charge is 0.484 e. The average Bonchev–Trinajstić information content (AvgIpc) is 3.22. The van der Waals surface area contributed by atoms with Gasteiger partial charge in [-0.1, -0.05) is 18.2 Å². The molecular weight excluding hydrogens is 412 g/mol. The summed E-state index contributed by atoms with van der Waals surface area (Å²) in [7, 11) is 3.37. The van der Waals surface area contributed by atoms with Gasteiger partial charge in [-0.2, -0.15) is 0 Å². The minimum Gasteiger partial charge on any atom is -0.484 e. The number of aromatic nitrogens is 1. The van der Waals surface area contributed by atoms with E-state index in [9.17, 15) is 9.59 Å². The van der Waals surface area contributed by atoms with Gasteiger partial charge >= 0.3 is 6.03 Å². The number of amides is 3. The van der Waals surface area contributed by atoms with E-state index >= 15 is 0 Å². The number of urea groups is 1. The molecule has 0 bridgehead atoms. The number of fused-ring (bicyclic) bond motifs is 1. The second kappa shape index (κ2) is 9.34. The van der Waals surface area contributed by atoms with Gasteiger partial charge in [0.2, 0.25) is 0 Å². The summed E-state index contributed by atoms with van der Waals surface area (Å²) >= 11 is 1.75. The molecule has 2 aromatic carbocycles. The summed E-state index contributed by atoms with van der Waals surface area (Å²) in [6.07, 6.45) is 1.81. The van der Waals surface area contributed by atoms with Crippen molar-refractivity contribution in [1.29, 1.82) is 0 Å². The smallest absolute Gasteiger partial charge is 0.321 e. The van der Waals surface area contributed by atoms with Crippen LogP contribution in [-0.4, -0.2) is 60.5 Å². The van der Waals surface area contributed by atoms with Crippen LogP contribution in [0.25, 0.3) is 10.2 Å². The van der Waals surface area contributed by atoms with Gasteiger partial charge in [-0.05, 0) is 37.1 Å². The molecule has 0 spiro atoms. The number of carbonyl (C=O) groups is 2. The molecule has 162 valence electrons. The number of benzene rings is 2. The molecule has 1 saturated heterocycles. The predicted octanol–water partition coefficient (Wildman–Crippen LogP) is 4.17. The zero-order chi connectivity index (χ0) is 21.8. The molecule has 1 aliphatic heterocycles. The van der Waals surface area contributed by atoms with Crippen LogP contribution in [0.1, 0.15) is 23.8 Å². The third-order valence-electron chi connectivity index (χ3n) is 5.39. The molecule has 31 heavy (non-hydrogen) atoms. The highest BCUT2D eigenvalue weighted by atomic mass is 32.1. The standard InChI is InChI=1S/C23H26N4O3S/c1-26(2)21(28)15-30-18-7-5-6-17(14-18)24-23(29)27-12-10-16(11-13-27)22-25-19-8-3-4-9-20(19)31-22/h3-9,14,16H,10-13,15H2,1-2H3,(H,24,29). The normalized spacial score (nSPS) is 14.5. The number of likely N-dealkylation sites (tertiary alicyclic amines) is 1. The topological polar surface area (TPSA) is 74.8 Å². The van der Waals surface area contributed by atoms with Crippen LogP contribution in [0.4, 0.5) is 10.5 Å². The second-order valence-electron chi connectivity index (χ2n) is 7.82. The lowest BCUT2D eigenvalue weighted by atomic mass is 9.98. The Morgan fingerprint density at radius 3 is 2.68 bits per heavy atom. The number of para-hydroxylation sites is 1. The van der Waals surface area contributed by atoms with Gasteiger partial charge < -0.3 is 19.9 Å². The second-order valence-corrected chi connectivity index (χ2v) is 8.88. The highest BCUT2D eigenvalue weighted by Gasteiger charge is 2.26. The number of piperidine rings is 1. The van der Waals surface area contributed by atoms with E-state index in [2.05, 4.69) is 11.4 Å². The van der Waals surface area contributed by atoms with Crippen LogP contribution in [0.2, 0.25) is 0 Å². The quantitative estimate of drug-likeness (QED) is 0.649. The van der Waals surface area contributed by atoms with Crippen LogP contribution in [0.5, 0.6) is 5.75 Å². The number of carbonyl (C=O) groups excluding carboxylic acids is 2. The third kappa shape index (κ3) is 5.14. The maximum Gasteiger partial charge on any atom is 0.321 e. The van der Waals surface area contributed by atoms with Gasteiger partial charge in [0.15, 0.2) is 6.61 Å². The summed E-state index contributed by atoms with van der Waals surface area (Å²) in [4.78, 5) is 32.5. The van der Waals surface area contributed by atoms with E-state index < -0.39 is 0 Å². The third-order valence-corrected chi connectivity index (χ3v) is 6.59. The first kappa shape index (κ1) is 21.1. The number of nitrogens with zero attached hydrogens (tertiary/aromatic N) is 3. The van der Waals surface area contributed by atoms with Crippen LogP contribution in [0, 0.1) is 0 Å². The van der Waals surface area contributed by atoms with Gasteiger partial charge in [0.05, 0.1) is 15.2 Å². The highest BCUT2D eigenvalue weighted by molar-refractivity contribution is 7.18. The summed E-state index contributed by atoms with van der Waals surface area (Å²) in [5, 5.41) is 4.10. The molecule has 0 radical (unpaired) electrons. The fraction of sp³-hybridized carbons (Fsp3) is 0.348. The number of thiazole rings is 1. The number of anilines is 1. The SMILES string of the molecule is CN(C)C(=O)COc1cccc(NC(=O)N2CCC(c3nc4ccccc4s3)CC2)c1. The fourth-order valence-corrected chi connectivity index (χ4v) is 4.67. The Morgan fingerprint density at radius 2 is 1.94 bits per heavy atom. The molecule has 4 rings (SSSR count). The molecule has 2 heterocycles. The van der Waals surface area contributed by atoms with Crippen molar-refractivity contribution >= 4 is 39.2 Å². The maximum atomic E-state index is 12.7. The molecule has 3 amide bonds. The number of likely N-dealkylation sites (N-methyl/N-ethyl adjacent to an activating group) is 1. The molecule has 1 N–H and O–H groups in total. The molecule has 0 unspecified atom stereocenters. The fourth-order valence-electron chi connectivity index (χ4n) is 3.53. The molecule has 0 aliphatic carbocycles. The molecule has 8 heteroatoms. The van der Waals surface area contributed by atoms with Crippen LogP contribution in [0.3, 0.4) is 0 Å². The minimum atomic E-state index is -0.121. The van der Waals surface area contributed by atoms with E-state index in [1.165, 1.54) is 14.6 Å². The zero-order valence-electron chi connectivity index (χ0n) is 17.7.